The molecule has 0 bridgehead atoms. The molecule has 3 nitrogen and oxygen atoms in total. The number of rotatable bonds is 2. The Labute approximate surface area is 78.3 Å². The zero-order valence-electron chi connectivity index (χ0n) is 5.75. The Bertz CT molecular complexity index is 252. The third-order valence-corrected chi connectivity index (χ3v) is 1.51. The Balaban J connectivity index is 2.93. The van der Waals surface area contributed by atoms with Gasteiger partial charge < -0.3 is 15.6 Å². The van der Waals surface area contributed by atoms with E-state index >= 15 is 0 Å². The van der Waals surface area contributed by atoms with Gasteiger partial charge in [-0.3, -0.25) is 0 Å². The number of halogens is 1. The number of hydrogen-bond acceptors (Lipinski definition) is 3. The van der Waals surface area contributed by atoms with Crippen molar-refractivity contribution in [2.24, 2.45) is 0 Å². The summed E-state index contributed by atoms with van der Waals surface area (Å²) in [6.45, 7) is 0. The van der Waals surface area contributed by atoms with Crippen molar-refractivity contribution in [3.8, 4) is 11.5 Å². The highest BCUT2D eigenvalue weighted by Gasteiger charge is 2.00. The molecule has 0 spiro atoms. The lowest BCUT2D eigenvalue weighted by Gasteiger charge is -2.04. The van der Waals surface area contributed by atoms with E-state index in [0.29, 0.717) is 16.1 Å². The van der Waals surface area contributed by atoms with Crippen molar-refractivity contribution in [2.75, 3.05) is 10.3 Å². The monoisotopic (exact) mass is 265 g/mol. The van der Waals surface area contributed by atoms with E-state index in [1.165, 1.54) is 6.07 Å². The van der Waals surface area contributed by atoms with Gasteiger partial charge in [-0.15, -0.1) is 0 Å². The first-order valence-electron chi connectivity index (χ1n) is 3.01. The summed E-state index contributed by atoms with van der Waals surface area (Å²) in [5.74, 6) is 0.551. The highest BCUT2D eigenvalue weighted by atomic mass is 127. The number of benzene rings is 1. The predicted molar refractivity (Wildman–Crippen MR) is 52.0 cm³/mol. The molecule has 0 fully saturated rings. The summed E-state index contributed by atoms with van der Waals surface area (Å²) in [6, 6.07) is 4.72. The van der Waals surface area contributed by atoms with Gasteiger partial charge in [-0.25, -0.2) is 0 Å². The first-order chi connectivity index (χ1) is 5.24. The molecule has 0 amide bonds. The van der Waals surface area contributed by atoms with Crippen molar-refractivity contribution in [3.05, 3.63) is 18.2 Å². The third-order valence-electron chi connectivity index (χ3n) is 1.19. The van der Waals surface area contributed by atoms with Gasteiger partial charge in [0.05, 0.1) is 0 Å². The number of ether oxygens (including phenoxy) is 1. The molecular formula is C7H8INO2. The highest BCUT2D eigenvalue weighted by Crippen LogP contribution is 2.27. The molecule has 3 N–H and O–H groups in total. The fraction of sp³-hybridized carbons (Fsp3) is 0.143. The SMILES string of the molecule is Nc1ccc(O)c(OCI)c1. The van der Waals surface area contributed by atoms with Gasteiger partial charge in [0.15, 0.2) is 11.5 Å². The van der Waals surface area contributed by atoms with Gasteiger partial charge in [0.2, 0.25) is 0 Å². The molecule has 0 aromatic heterocycles. The maximum absolute atomic E-state index is 9.18. The second-order valence-corrected chi connectivity index (χ2v) is 2.60. The fourth-order valence-electron chi connectivity index (χ4n) is 0.705. The molecular weight excluding hydrogens is 257 g/mol. The average molecular weight is 265 g/mol. The number of alkyl halides is 1. The van der Waals surface area contributed by atoms with Crippen molar-refractivity contribution in [1.29, 1.82) is 0 Å². The van der Waals surface area contributed by atoms with Crippen molar-refractivity contribution in [1.82, 2.24) is 0 Å². The van der Waals surface area contributed by atoms with Crippen molar-refractivity contribution < 1.29 is 9.84 Å². The second-order valence-electron chi connectivity index (χ2n) is 1.98. The van der Waals surface area contributed by atoms with Crippen LogP contribution in [-0.4, -0.2) is 9.72 Å². The number of hydrogen-bond donors (Lipinski definition) is 2. The minimum Gasteiger partial charge on any atom is -0.504 e. The minimum absolute atomic E-state index is 0.121. The van der Waals surface area contributed by atoms with Crippen LogP contribution in [0.15, 0.2) is 18.2 Å². The van der Waals surface area contributed by atoms with Gasteiger partial charge in [0.1, 0.15) is 4.61 Å². The van der Waals surface area contributed by atoms with Crippen LogP contribution in [0, 0.1) is 0 Å². The highest BCUT2D eigenvalue weighted by molar-refractivity contribution is 14.1. The number of anilines is 1. The number of aromatic hydroxyl groups is 1. The van der Waals surface area contributed by atoms with E-state index in [9.17, 15) is 5.11 Å². The molecule has 0 saturated heterocycles. The molecule has 0 heterocycles. The Morgan fingerprint density at radius 2 is 2.27 bits per heavy atom. The summed E-state index contributed by atoms with van der Waals surface area (Å²) in [5.41, 5.74) is 6.05. The van der Waals surface area contributed by atoms with Gasteiger partial charge in [-0.05, 0) is 34.7 Å². The molecule has 0 atom stereocenters. The summed E-state index contributed by atoms with van der Waals surface area (Å²) in [4.78, 5) is 0. The molecule has 0 aliphatic carbocycles. The zero-order chi connectivity index (χ0) is 8.27. The standard InChI is InChI=1S/C7H8INO2/c8-4-11-7-3-5(9)1-2-6(7)10/h1-3,10H,4,9H2. The molecule has 4 heteroatoms. The molecule has 0 saturated carbocycles. The molecule has 0 unspecified atom stereocenters. The summed E-state index contributed by atoms with van der Waals surface area (Å²) >= 11 is 2.05. The molecule has 1 aromatic rings. The molecule has 1 rings (SSSR count). The second kappa shape index (κ2) is 3.66. The first-order valence-corrected chi connectivity index (χ1v) is 4.54. The molecule has 60 valence electrons. The smallest absolute Gasteiger partial charge is 0.164 e. The molecule has 11 heavy (non-hydrogen) atoms. The van der Waals surface area contributed by atoms with Crippen LogP contribution in [-0.2, 0) is 0 Å². The Morgan fingerprint density at radius 3 is 2.91 bits per heavy atom. The van der Waals surface area contributed by atoms with Crippen LogP contribution in [0.25, 0.3) is 0 Å². The normalized spacial score (nSPS) is 9.55. The van der Waals surface area contributed by atoms with E-state index < -0.39 is 0 Å². The predicted octanol–water partition coefficient (Wildman–Crippen LogP) is 1.75. The largest absolute Gasteiger partial charge is 0.504 e. The minimum atomic E-state index is 0.121. The average Bonchev–Trinajstić information content (AvgIpc) is 1.98. The van der Waals surface area contributed by atoms with E-state index in [1.807, 2.05) is 22.6 Å². The maximum atomic E-state index is 9.18. The summed E-state index contributed by atoms with van der Waals surface area (Å²) < 4.78 is 5.57. The van der Waals surface area contributed by atoms with Crippen LogP contribution < -0.4 is 10.5 Å². The maximum Gasteiger partial charge on any atom is 0.164 e. The lowest BCUT2D eigenvalue weighted by atomic mass is 10.3. The van der Waals surface area contributed by atoms with E-state index in [2.05, 4.69) is 0 Å². The van der Waals surface area contributed by atoms with Crippen LogP contribution in [0.2, 0.25) is 0 Å². The molecule has 0 aliphatic rings. The Morgan fingerprint density at radius 1 is 1.55 bits per heavy atom. The number of nitrogens with two attached hydrogens (primary N) is 1. The quantitative estimate of drug-likeness (QED) is 0.370. The fourth-order valence-corrected chi connectivity index (χ4v) is 1.04. The van der Waals surface area contributed by atoms with E-state index in [1.54, 1.807) is 12.1 Å². The van der Waals surface area contributed by atoms with E-state index in [-0.39, 0.29) is 5.75 Å². The number of phenolic OH excluding ortho intramolecular Hbond substituents is 1. The summed E-state index contributed by atoms with van der Waals surface area (Å²) in [6.07, 6.45) is 0. The Kier molecular flexibility index (Phi) is 2.81. The Hall–Kier alpha value is -0.650. The van der Waals surface area contributed by atoms with Crippen LogP contribution in [0.4, 0.5) is 5.69 Å². The third kappa shape index (κ3) is 2.14. The first kappa shape index (κ1) is 8.45. The lowest BCUT2D eigenvalue weighted by molar-refractivity contribution is 0.367. The van der Waals surface area contributed by atoms with Gasteiger partial charge in [0.25, 0.3) is 0 Å². The molecule has 1 aromatic carbocycles. The number of nitrogen functional groups attached to an aromatic ring is 1. The zero-order valence-corrected chi connectivity index (χ0v) is 7.91. The molecule has 0 aliphatic heterocycles. The van der Waals surface area contributed by atoms with Crippen molar-refractivity contribution in [3.63, 3.8) is 0 Å². The van der Waals surface area contributed by atoms with Gasteiger partial charge in [0, 0.05) is 11.8 Å². The van der Waals surface area contributed by atoms with Gasteiger partial charge >= 0.3 is 0 Å². The summed E-state index contributed by atoms with van der Waals surface area (Å²) in [7, 11) is 0. The molecule has 0 radical (unpaired) electrons. The summed E-state index contributed by atoms with van der Waals surface area (Å²) in [5, 5.41) is 9.18. The number of phenols is 1. The van der Waals surface area contributed by atoms with E-state index in [0.717, 1.165) is 0 Å². The van der Waals surface area contributed by atoms with Crippen LogP contribution in [0.5, 0.6) is 11.5 Å². The van der Waals surface area contributed by atoms with Crippen LogP contribution in [0.3, 0.4) is 0 Å². The lowest BCUT2D eigenvalue weighted by Crippen LogP contribution is -1.91. The van der Waals surface area contributed by atoms with Crippen molar-refractivity contribution >= 4 is 28.3 Å². The van der Waals surface area contributed by atoms with E-state index in [4.69, 9.17) is 10.5 Å². The van der Waals surface area contributed by atoms with Crippen molar-refractivity contribution in [2.45, 2.75) is 0 Å². The van der Waals surface area contributed by atoms with Crippen LogP contribution in [0.1, 0.15) is 0 Å². The van der Waals surface area contributed by atoms with Crippen LogP contribution >= 0.6 is 22.6 Å². The van der Waals surface area contributed by atoms with Gasteiger partial charge in [-0.1, -0.05) is 0 Å². The topological polar surface area (TPSA) is 55.5 Å². The van der Waals surface area contributed by atoms with Gasteiger partial charge in [-0.2, -0.15) is 0 Å².